The van der Waals surface area contributed by atoms with Gasteiger partial charge in [0.05, 0.1) is 6.54 Å². The van der Waals surface area contributed by atoms with Crippen molar-refractivity contribution in [3.8, 4) is 0 Å². The monoisotopic (exact) mass is 287 g/mol. The second kappa shape index (κ2) is 5.76. The van der Waals surface area contributed by atoms with E-state index in [0.29, 0.717) is 23.2 Å². The molecule has 0 unspecified atom stereocenters. The minimum absolute atomic E-state index is 0.0354. The molecule has 3 rings (SSSR count). The lowest BCUT2D eigenvalue weighted by Gasteiger charge is -2.22. The van der Waals surface area contributed by atoms with Crippen LogP contribution in [-0.4, -0.2) is 35.8 Å². The molecule has 5 nitrogen and oxygen atoms in total. The van der Waals surface area contributed by atoms with Crippen LogP contribution in [0.25, 0.3) is 0 Å². The minimum atomic E-state index is -0.231. The lowest BCUT2D eigenvalue weighted by molar-refractivity contribution is -0.130. The normalized spacial score (nSPS) is 17.3. The van der Waals surface area contributed by atoms with Crippen LogP contribution in [0.2, 0.25) is 0 Å². The quantitative estimate of drug-likeness (QED) is 0.777. The first-order valence-electron chi connectivity index (χ1n) is 7.56. The fourth-order valence-electron chi connectivity index (χ4n) is 2.41. The number of hydrogen-bond acceptors (Lipinski definition) is 3. The summed E-state index contributed by atoms with van der Waals surface area (Å²) in [5, 5.41) is 2.70. The SMILES string of the molecule is Nc1ccc(C(=O)NCC(=O)N(CC2CC2)C2CC2)cc1. The average Bonchev–Trinajstić information content (AvgIpc) is 3.36. The van der Waals surface area contributed by atoms with Crippen LogP contribution >= 0.6 is 0 Å². The molecular formula is C16H21N3O2. The number of amides is 2. The summed E-state index contributed by atoms with van der Waals surface area (Å²) in [6, 6.07) is 7.10. The Morgan fingerprint density at radius 1 is 1.14 bits per heavy atom. The fourth-order valence-corrected chi connectivity index (χ4v) is 2.41. The summed E-state index contributed by atoms with van der Waals surface area (Å²) in [5.41, 5.74) is 6.73. The maximum Gasteiger partial charge on any atom is 0.251 e. The number of benzene rings is 1. The largest absolute Gasteiger partial charge is 0.399 e. The van der Waals surface area contributed by atoms with E-state index in [9.17, 15) is 9.59 Å². The summed E-state index contributed by atoms with van der Waals surface area (Å²) in [4.78, 5) is 26.2. The summed E-state index contributed by atoms with van der Waals surface area (Å²) < 4.78 is 0. The standard InChI is InChI=1S/C16H21N3O2/c17-13-5-3-12(4-6-13)16(21)18-9-15(20)19(14-7-8-14)10-11-1-2-11/h3-6,11,14H,1-2,7-10,17H2,(H,18,21). The highest BCUT2D eigenvalue weighted by Crippen LogP contribution is 2.34. The van der Waals surface area contributed by atoms with Crippen LogP contribution in [0.15, 0.2) is 24.3 Å². The molecule has 0 radical (unpaired) electrons. The van der Waals surface area contributed by atoms with Crippen molar-refractivity contribution in [2.45, 2.75) is 31.7 Å². The zero-order valence-electron chi connectivity index (χ0n) is 12.0. The molecule has 0 aliphatic heterocycles. The summed E-state index contributed by atoms with van der Waals surface area (Å²) in [7, 11) is 0. The molecule has 1 aromatic carbocycles. The molecule has 0 saturated heterocycles. The topological polar surface area (TPSA) is 75.4 Å². The number of nitrogens with zero attached hydrogens (tertiary/aromatic N) is 1. The van der Waals surface area contributed by atoms with Gasteiger partial charge in [-0.25, -0.2) is 0 Å². The molecule has 0 bridgehead atoms. The molecule has 1 aromatic rings. The fraction of sp³-hybridized carbons (Fsp3) is 0.500. The smallest absolute Gasteiger partial charge is 0.251 e. The van der Waals surface area contributed by atoms with Gasteiger partial charge in [-0.1, -0.05) is 0 Å². The van der Waals surface area contributed by atoms with Gasteiger partial charge in [0, 0.05) is 23.8 Å². The van der Waals surface area contributed by atoms with E-state index < -0.39 is 0 Å². The maximum absolute atomic E-state index is 12.3. The van der Waals surface area contributed by atoms with E-state index in [4.69, 9.17) is 5.73 Å². The maximum atomic E-state index is 12.3. The summed E-state index contributed by atoms with van der Waals surface area (Å²) in [6.07, 6.45) is 4.66. The molecule has 2 amide bonds. The summed E-state index contributed by atoms with van der Waals surface area (Å²) in [6.45, 7) is 0.938. The highest BCUT2D eigenvalue weighted by atomic mass is 16.2. The van der Waals surface area contributed by atoms with E-state index in [2.05, 4.69) is 5.32 Å². The molecular weight excluding hydrogens is 266 g/mol. The first-order valence-corrected chi connectivity index (χ1v) is 7.56. The van der Waals surface area contributed by atoms with Gasteiger partial charge in [0.1, 0.15) is 0 Å². The van der Waals surface area contributed by atoms with Gasteiger partial charge in [-0.15, -0.1) is 0 Å². The van der Waals surface area contributed by atoms with Gasteiger partial charge >= 0.3 is 0 Å². The molecule has 3 N–H and O–H groups in total. The minimum Gasteiger partial charge on any atom is -0.399 e. The van der Waals surface area contributed by atoms with Crippen LogP contribution in [0.3, 0.4) is 0 Å². The molecule has 2 aliphatic carbocycles. The van der Waals surface area contributed by atoms with Crippen molar-refractivity contribution in [1.82, 2.24) is 10.2 Å². The van der Waals surface area contributed by atoms with E-state index in [1.807, 2.05) is 4.90 Å². The number of nitrogens with one attached hydrogen (secondary N) is 1. The van der Waals surface area contributed by atoms with Crippen LogP contribution in [0.1, 0.15) is 36.0 Å². The Bertz CT molecular complexity index is 533. The predicted molar refractivity (Wildman–Crippen MR) is 80.6 cm³/mol. The second-order valence-electron chi connectivity index (χ2n) is 6.03. The Morgan fingerprint density at radius 3 is 2.38 bits per heavy atom. The number of carbonyl (C=O) groups is 2. The van der Waals surface area contributed by atoms with Gasteiger partial charge in [-0.3, -0.25) is 9.59 Å². The van der Waals surface area contributed by atoms with Gasteiger partial charge < -0.3 is 16.0 Å². The Hall–Kier alpha value is -2.04. The predicted octanol–water partition coefficient (Wildman–Crippen LogP) is 1.40. The number of nitrogen functional groups attached to an aromatic ring is 1. The van der Waals surface area contributed by atoms with Crippen molar-refractivity contribution in [2.75, 3.05) is 18.8 Å². The Kier molecular flexibility index (Phi) is 3.82. The molecule has 0 aromatic heterocycles. The van der Waals surface area contributed by atoms with Gasteiger partial charge in [0.2, 0.25) is 5.91 Å². The third-order valence-electron chi connectivity index (χ3n) is 4.03. The first-order chi connectivity index (χ1) is 10.1. The van der Waals surface area contributed by atoms with Crippen molar-refractivity contribution in [3.63, 3.8) is 0 Å². The van der Waals surface area contributed by atoms with Crippen molar-refractivity contribution in [3.05, 3.63) is 29.8 Å². The third-order valence-corrected chi connectivity index (χ3v) is 4.03. The highest BCUT2D eigenvalue weighted by molar-refractivity contribution is 5.96. The molecule has 2 fully saturated rings. The zero-order chi connectivity index (χ0) is 14.8. The van der Waals surface area contributed by atoms with Crippen molar-refractivity contribution in [1.29, 1.82) is 0 Å². The van der Waals surface area contributed by atoms with E-state index in [0.717, 1.165) is 19.4 Å². The van der Waals surface area contributed by atoms with Crippen LogP contribution in [0, 0.1) is 5.92 Å². The molecule has 112 valence electrons. The molecule has 5 heteroatoms. The lowest BCUT2D eigenvalue weighted by atomic mass is 10.2. The van der Waals surface area contributed by atoms with E-state index in [1.54, 1.807) is 24.3 Å². The highest BCUT2D eigenvalue weighted by Gasteiger charge is 2.36. The molecule has 0 spiro atoms. The molecule has 2 saturated carbocycles. The summed E-state index contributed by atoms with van der Waals surface area (Å²) >= 11 is 0. The third kappa shape index (κ3) is 3.74. The van der Waals surface area contributed by atoms with Gasteiger partial charge in [0.15, 0.2) is 0 Å². The second-order valence-corrected chi connectivity index (χ2v) is 6.03. The number of anilines is 1. The Labute approximate surface area is 124 Å². The van der Waals surface area contributed by atoms with Crippen LogP contribution in [0.5, 0.6) is 0 Å². The van der Waals surface area contributed by atoms with Crippen LogP contribution in [-0.2, 0) is 4.79 Å². The average molecular weight is 287 g/mol. The van der Waals surface area contributed by atoms with Crippen molar-refractivity contribution < 1.29 is 9.59 Å². The van der Waals surface area contributed by atoms with Crippen LogP contribution < -0.4 is 11.1 Å². The Morgan fingerprint density at radius 2 is 1.81 bits per heavy atom. The van der Waals surface area contributed by atoms with Crippen molar-refractivity contribution >= 4 is 17.5 Å². The molecule has 21 heavy (non-hydrogen) atoms. The zero-order valence-corrected chi connectivity index (χ0v) is 12.0. The molecule has 0 atom stereocenters. The Balaban J connectivity index is 1.51. The van der Waals surface area contributed by atoms with E-state index >= 15 is 0 Å². The number of nitrogens with two attached hydrogens (primary N) is 1. The molecule has 0 heterocycles. The number of rotatable bonds is 6. The summed E-state index contributed by atoms with van der Waals surface area (Å²) in [5.74, 6) is 0.487. The first kappa shape index (κ1) is 13.9. The van der Waals surface area contributed by atoms with Gasteiger partial charge in [0.25, 0.3) is 5.91 Å². The number of carbonyl (C=O) groups excluding carboxylic acids is 2. The van der Waals surface area contributed by atoms with Gasteiger partial charge in [-0.2, -0.15) is 0 Å². The van der Waals surface area contributed by atoms with Gasteiger partial charge in [-0.05, 0) is 55.9 Å². The number of hydrogen-bond donors (Lipinski definition) is 2. The van der Waals surface area contributed by atoms with Crippen molar-refractivity contribution in [2.24, 2.45) is 5.92 Å². The van der Waals surface area contributed by atoms with E-state index in [1.165, 1.54) is 12.8 Å². The molecule has 2 aliphatic rings. The van der Waals surface area contributed by atoms with E-state index in [-0.39, 0.29) is 18.4 Å². The van der Waals surface area contributed by atoms with Crippen LogP contribution in [0.4, 0.5) is 5.69 Å². The lowest BCUT2D eigenvalue weighted by Crippen LogP contribution is -2.42.